The fraction of sp³-hybridized carbons (Fsp3) is 0. The maximum absolute atomic E-state index is 10.4. The van der Waals surface area contributed by atoms with Crippen LogP contribution in [0, 0.1) is 0 Å². The van der Waals surface area contributed by atoms with Gasteiger partial charge in [-0.25, -0.2) is 0 Å². The summed E-state index contributed by atoms with van der Waals surface area (Å²) in [5, 5.41) is 32.9. The number of fused-ring (bicyclic) bond motifs is 2. The molecule has 0 saturated heterocycles. The Hall–Kier alpha value is -3.40. The van der Waals surface area contributed by atoms with Crippen molar-refractivity contribution in [3.05, 3.63) is 66.7 Å². The first-order valence-electron chi connectivity index (χ1n) is 7.46. The van der Waals surface area contributed by atoms with Crippen molar-refractivity contribution in [2.75, 3.05) is 0 Å². The molecule has 24 heavy (non-hydrogen) atoms. The maximum Gasteiger partial charge on any atom is 0.170 e. The molecule has 0 bridgehead atoms. The van der Waals surface area contributed by atoms with Crippen LogP contribution in [0.4, 0.5) is 0 Å². The van der Waals surface area contributed by atoms with Gasteiger partial charge in [0, 0.05) is 0 Å². The summed E-state index contributed by atoms with van der Waals surface area (Å²) in [6.45, 7) is 0. The highest BCUT2D eigenvalue weighted by atomic mass is 16.5. The molecule has 0 saturated carbocycles. The van der Waals surface area contributed by atoms with Gasteiger partial charge in [0.05, 0.1) is 5.39 Å². The molecule has 4 nitrogen and oxygen atoms in total. The van der Waals surface area contributed by atoms with E-state index in [1.165, 1.54) is 6.07 Å². The molecule has 0 fully saturated rings. The Morgan fingerprint density at radius 2 is 1.46 bits per heavy atom. The molecule has 118 valence electrons. The average Bonchev–Trinajstić information content (AvgIpc) is 2.57. The summed E-state index contributed by atoms with van der Waals surface area (Å²) in [7, 11) is 0. The number of hydrogen-bond acceptors (Lipinski definition) is 4. The normalized spacial score (nSPS) is 11.0. The second kappa shape index (κ2) is 5.35. The van der Waals surface area contributed by atoms with Crippen molar-refractivity contribution < 1.29 is 20.1 Å². The highest BCUT2D eigenvalue weighted by molar-refractivity contribution is 5.95. The van der Waals surface area contributed by atoms with Gasteiger partial charge in [-0.15, -0.1) is 0 Å². The molecule has 4 aromatic rings. The minimum absolute atomic E-state index is 0.00103. The van der Waals surface area contributed by atoms with Crippen LogP contribution < -0.4 is 4.74 Å². The Kier molecular flexibility index (Phi) is 3.17. The van der Waals surface area contributed by atoms with Gasteiger partial charge < -0.3 is 20.1 Å². The second-order valence-corrected chi connectivity index (χ2v) is 5.58. The zero-order chi connectivity index (χ0) is 16.7. The van der Waals surface area contributed by atoms with Gasteiger partial charge in [0.25, 0.3) is 0 Å². The highest BCUT2D eigenvalue weighted by Gasteiger charge is 2.12. The Bertz CT molecular complexity index is 1070. The van der Waals surface area contributed by atoms with Gasteiger partial charge in [0.15, 0.2) is 11.5 Å². The molecule has 0 aromatic heterocycles. The minimum Gasteiger partial charge on any atom is -0.508 e. The topological polar surface area (TPSA) is 69.9 Å². The number of ether oxygens (including phenoxy) is 1. The lowest BCUT2D eigenvalue weighted by atomic mass is 10.1. The van der Waals surface area contributed by atoms with E-state index in [2.05, 4.69) is 0 Å². The minimum atomic E-state index is -0.110. The fourth-order valence-corrected chi connectivity index (χ4v) is 2.81. The van der Waals surface area contributed by atoms with Gasteiger partial charge in [-0.3, -0.25) is 0 Å². The van der Waals surface area contributed by atoms with Crippen LogP contribution in [0.1, 0.15) is 0 Å². The Morgan fingerprint density at radius 3 is 2.33 bits per heavy atom. The Balaban J connectivity index is 1.79. The van der Waals surface area contributed by atoms with Crippen molar-refractivity contribution in [3.63, 3.8) is 0 Å². The van der Waals surface area contributed by atoms with Crippen LogP contribution in [0.2, 0.25) is 0 Å². The standard InChI is InChI=1S/C20H14O4/c21-15-7-4-12-5-8-16(11-14(12)10-15)24-18-9-6-13-2-1-3-17(22)19(13)20(18)23/h1-11,21-23H. The van der Waals surface area contributed by atoms with E-state index in [0.717, 1.165) is 16.2 Å². The summed E-state index contributed by atoms with van der Waals surface area (Å²) in [6.07, 6.45) is 0. The van der Waals surface area contributed by atoms with Crippen LogP contribution in [0.5, 0.6) is 28.7 Å². The van der Waals surface area contributed by atoms with Gasteiger partial charge in [-0.1, -0.05) is 30.3 Å². The van der Waals surface area contributed by atoms with Crippen LogP contribution in [0.25, 0.3) is 21.5 Å². The Morgan fingerprint density at radius 1 is 0.667 bits per heavy atom. The number of aromatic hydroxyl groups is 3. The average molecular weight is 318 g/mol. The summed E-state index contributed by atoms with van der Waals surface area (Å²) < 4.78 is 5.78. The summed E-state index contributed by atoms with van der Waals surface area (Å²) in [5.41, 5.74) is 0. The maximum atomic E-state index is 10.4. The molecule has 0 radical (unpaired) electrons. The summed E-state index contributed by atoms with van der Waals surface area (Å²) in [4.78, 5) is 0. The highest BCUT2D eigenvalue weighted by Crippen LogP contribution is 2.41. The molecule has 3 N–H and O–H groups in total. The first kappa shape index (κ1) is 14.2. The van der Waals surface area contributed by atoms with Crippen LogP contribution in [0.3, 0.4) is 0 Å². The molecule has 4 heteroatoms. The van der Waals surface area contributed by atoms with E-state index in [1.807, 2.05) is 12.1 Å². The van der Waals surface area contributed by atoms with Crippen molar-refractivity contribution in [2.45, 2.75) is 0 Å². The lowest BCUT2D eigenvalue weighted by Crippen LogP contribution is -1.87. The van der Waals surface area contributed by atoms with Crippen LogP contribution in [0.15, 0.2) is 66.7 Å². The van der Waals surface area contributed by atoms with E-state index in [1.54, 1.807) is 48.5 Å². The zero-order valence-electron chi connectivity index (χ0n) is 12.6. The molecule has 0 aliphatic carbocycles. The van der Waals surface area contributed by atoms with E-state index in [-0.39, 0.29) is 23.0 Å². The van der Waals surface area contributed by atoms with E-state index in [9.17, 15) is 15.3 Å². The van der Waals surface area contributed by atoms with E-state index in [0.29, 0.717) is 11.1 Å². The first-order chi connectivity index (χ1) is 11.6. The molecule has 0 aliphatic rings. The molecular formula is C20H14O4. The number of hydrogen-bond donors (Lipinski definition) is 3. The number of phenolic OH excluding ortho intramolecular Hbond substituents is 3. The molecule has 0 heterocycles. The van der Waals surface area contributed by atoms with Crippen molar-refractivity contribution in [2.24, 2.45) is 0 Å². The molecule has 0 unspecified atom stereocenters. The largest absolute Gasteiger partial charge is 0.508 e. The first-order valence-corrected chi connectivity index (χ1v) is 7.46. The van der Waals surface area contributed by atoms with E-state index in [4.69, 9.17) is 4.74 Å². The third kappa shape index (κ3) is 2.34. The quantitative estimate of drug-likeness (QED) is 0.491. The number of phenols is 3. The SMILES string of the molecule is Oc1ccc2ccc(Oc3ccc4cccc(O)c4c3O)cc2c1. The van der Waals surface area contributed by atoms with Crippen molar-refractivity contribution in [1.29, 1.82) is 0 Å². The van der Waals surface area contributed by atoms with Crippen LogP contribution in [-0.4, -0.2) is 15.3 Å². The van der Waals surface area contributed by atoms with Crippen LogP contribution >= 0.6 is 0 Å². The molecule has 0 amide bonds. The molecule has 0 aliphatic heterocycles. The predicted molar refractivity (Wildman–Crippen MR) is 93.0 cm³/mol. The summed E-state index contributed by atoms with van der Waals surface area (Å²) >= 11 is 0. The number of rotatable bonds is 2. The van der Waals surface area contributed by atoms with Gasteiger partial charge in [-0.05, 0) is 52.6 Å². The summed E-state index contributed by atoms with van der Waals surface area (Å²) in [6, 6.07) is 19.0. The monoisotopic (exact) mass is 318 g/mol. The smallest absolute Gasteiger partial charge is 0.170 e. The van der Waals surface area contributed by atoms with Gasteiger partial charge in [0.1, 0.15) is 17.2 Å². The molecular weight excluding hydrogens is 304 g/mol. The van der Waals surface area contributed by atoms with Gasteiger partial charge in [-0.2, -0.15) is 0 Å². The summed E-state index contributed by atoms with van der Waals surface area (Å²) in [5.74, 6) is 0.847. The number of benzene rings is 4. The van der Waals surface area contributed by atoms with Gasteiger partial charge >= 0.3 is 0 Å². The lowest BCUT2D eigenvalue weighted by Gasteiger charge is -2.11. The van der Waals surface area contributed by atoms with Crippen molar-refractivity contribution >= 4 is 21.5 Å². The second-order valence-electron chi connectivity index (χ2n) is 5.58. The Labute approximate surface area is 137 Å². The molecule has 0 spiro atoms. The van der Waals surface area contributed by atoms with E-state index >= 15 is 0 Å². The van der Waals surface area contributed by atoms with E-state index < -0.39 is 0 Å². The van der Waals surface area contributed by atoms with Crippen molar-refractivity contribution in [3.8, 4) is 28.7 Å². The fourth-order valence-electron chi connectivity index (χ4n) is 2.81. The zero-order valence-corrected chi connectivity index (χ0v) is 12.6. The van der Waals surface area contributed by atoms with Crippen LogP contribution in [-0.2, 0) is 0 Å². The van der Waals surface area contributed by atoms with Gasteiger partial charge in [0.2, 0.25) is 0 Å². The van der Waals surface area contributed by atoms with Crippen molar-refractivity contribution in [1.82, 2.24) is 0 Å². The molecule has 4 rings (SSSR count). The predicted octanol–water partition coefficient (Wildman–Crippen LogP) is 4.90. The third-order valence-electron chi connectivity index (χ3n) is 3.98. The lowest BCUT2D eigenvalue weighted by molar-refractivity contribution is 0.413. The molecule has 0 atom stereocenters. The molecule has 4 aromatic carbocycles. The third-order valence-corrected chi connectivity index (χ3v) is 3.98.